The number of amides is 1. The Labute approximate surface area is 227 Å². The van der Waals surface area contributed by atoms with Crippen molar-refractivity contribution >= 4 is 38.9 Å². The van der Waals surface area contributed by atoms with Crippen LogP contribution in [0, 0.1) is 11.3 Å². The molecule has 4 aromatic rings. The van der Waals surface area contributed by atoms with Crippen molar-refractivity contribution in [2.75, 3.05) is 13.2 Å². The van der Waals surface area contributed by atoms with Gasteiger partial charge in [-0.1, -0.05) is 50.1 Å². The van der Waals surface area contributed by atoms with Gasteiger partial charge in [0.05, 0.1) is 12.0 Å². The molecule has 4 N–H and O–H groups in total. The van der Waals surface area contributed by atoms with Crippen LogP contribution in [-0.2, 0) is 9.53 Å². The number of aromatic nitrogens is 5. The summed E-state index contributed by atoms with van der Waals surface area (Å²) in [5.41, 5.74) is 2.96. The van der Waals surface area contributed by atoms with Gasteiger partial charge in [0.2, 0.25) is 5.82 Å². The molecule has 2 unspecified atom stereocenters. The van der Waals surface area contributed by atoms with Crippen LogP contribution in [-0.4, -0.2) is 55.9 Å². The Kier molecular flexibility index (Phi) is 7.46. The summed E-state index contributed by atoms with van der Waals surface area (Å²) in [7, 11) is 0. The van der Waals surface area contributed by atoms with Crippen LogP contribution in [0.2, 0.25) is 0 Å². The summed E-state index contributed by atoms with van der Waals surface area (Å²) in [5, 5.41) is 28.1. The fourth-order valence-electron chi connectivity index (χ4n) is 5.47. The molecule has 0 spiro atoms. The second kappa shape index (κ2) is 10.9. The summed E-state index contributed by atoms with van der Waals surface area (Å²) in [6.07, 6.45) is 4.11. The van der Waals surface area contributed by atoms with E-state index in [1.54, 1.807) is 0 Å². The number of halogens is 1. The van der Waals surface area contributed by atoms with Crippen molar-refractivity contribution < 1.29 is 19.4 Å². The van der Waals surface area contributed by atoms with Crippen LogP contribution in [0.4, 0.5) is 4.79 Å². The first-order valence-corrected chi connectivity index (χ1v) is 13.4. The number of carbonyl (C=O) groups is 2. The maximum Gasteiger partial charge on any atom is 0.407 e. The molecule has 1 saturated carbocycles. The molecule has 10 nitrogen and oxygen atoms in total. The van der Waals surface area contributed by atoms with Crippen LogP contribution in [0.25, 0.3) is 22.3 Å². The molecule has 1 aliphatic carbocycles. The molecule has 38 heavy (non-hydrogen) atoms. The predicted molar refractivity (Wildman–Crippen MR) is 145 cm³/mol. The van der Waals surface area contributed by atoms with E-state index in [0.717, 1.165) is 44.9 Å². The first kappa shape index (κ1) is 25.9. The van der Waals surface area contributed by atoms with Crippen molar-refractivity contribution in [1.82, 2.24) is 30.9 Å². The molecule has 1 fully saturated rings. The fraction of sp³-hybridized carbons (Fsp3) is 0.370. The normalized spacial score (nSPS) is 16.3. The van der Waals surface area contributed by atoms with Gasteiger partial charge in [-0.3, -0.25) is 4.79 Å². The minimum Gasteiger partial charge on any atom is -0.481 e. The molecule has 0 aliphatic heterocycles. The number of carboxylic acids is 1. The number of ether oxygens (including phenoxy) is 1. The smallest absolute Gasteiger partial charge is 0.407 e. The molecule has 1 aliphatic rings. The monoisotopic (exact) mass is 580 g/mol. The van der Waals surface area contributed by atoms with Crippen LogP contribution in [0.3, 0.4) is 0 Å². The van der Waals surface area contributed by atoms with E-state index >= 15 is 0 Å². The lowest BCUT2D eigenvalue weighted by Crippen LogP contribution is -2.41. The summed E-state index contributed by atoms with van der Waals surface area (Å²) in [4.78, 5) is 27.7. The SMILES string of the molecule is CC(COC(=O)NCC1(C(=O)O)CCCC1)C(c1ccc2[nH]cc(Br)c2c1)c1ccccc1-c1nn[nH]n1. The number of benzene rings is 2. The van der Waals surface area contributed by atoms with Gasteiger partial charge >= 0.3 is 12.1 Å². The van der Waals surface area contributed by atoms with Gasteiger partial charge in [-0.05, 0) is 57.2 Å². The number of tetrazole rings is 1. The van der Waals surface area contributed by atoms with E-state index in [-0.39, 0.29) is 25.0 Å². The van der Waals surface area contributed by atoms with Crippen molar-refractivity contribution in [2.24, 2.45) is 11.3 Å². The van der Waals surface area contributed by atoms with Gasteiger partial charge in [0.25, 0.3) is 0 Å². The number of aromatic amines is 2. The van der Waals surface area contributed by atoms with E-state index in [2.05, 4.69) is 59.0 Å². The Balaban J connectivity index is 1.40. The zero-order chi connectivity index (χ0) is 26.7. The van der Waals surface area contributed by atoms with Gasteiger partial charge in [-0.25, -0.2) is 4.79 Å². The van der Waals surface area contributed by atoms with Gasteiger partial charge in [0.15, 0.2) is 0 Å². The number of hydrogen-bond acceptors (Lipinski definition) is 6. The second-order valence-corrected chi connectivity index (χ2v) is 10.8. The Morgan fingerprint density at radius 2 is 2.00 bits per heavy atom. The Morgan fingerprint density at radius 3 is 2.74 bits per heavy atom. The summed E-state index contributed by atoms with van der Waals surface area (Å²) in [5.74, 6) is -0.684. The zero-order valence-electron chi connectivity index (χ0n) is 20.9. The number of nitrogens with zero attached hydrogens (tertiary/aromatic N) is 3. The first-order chi connectivity index (χ1) is 18.4. The molecule has 2 aromatic heterocycles. The number of H-pyrrole nitrogens is 2. The highest BCUT2D eigenvalue weighted by Gasteiger charge is 2.41. The molecule has 1 amide bonds. The summed E-state index contributed by atoms with van der Waals surface area (Å²) in [6.45, 7) is 2.22. The maximum atomic E-state index is 12.6. The molecule has 0 radical (unpaired) electrons. The fourth-order valence-corrected chi connectivity index (χ4v) is 5.92. The van der Waals surface area contributed by atoms with Crippen molar-refractivity contribution in [3.05, 3.63) is 64.3 Å². The predicted octanol–water partition coefficient (Wildman–Crippen LogP) is 5.25. The van der Waals surface area contributed by atoms with Crippen LogP contribution < -0.4 is 5.32 Å². The highest BCUT2D eigenvalue weighted by Crippen LogP contribution is 2.40. The van der Waals surface area contributed by atoms with Gasteiger partial charge in [-0.2, -0.15) is 5.21 Å². The Hall–Kier alpha value is -3.73. The maximum absolute atomic E-state index is 12.6. The van der Waals surface area contributed by atoms with Crippen LogP contribution in [0.5, 0.6) is 0 Å². The molecule has 5 rings (SSSR count). The topological polar surface area (TPSA) is 146 Å². The molecule has 2 heterocycles. The molecule has 0 bridgehead atoms. The number of rotatable bonds is 9. The number of hydrogen-bond donors (Lipinski definition) is 4. The summed E-state index contributed by atoms with van der Waals surface area (Å²) >= 11 is 3.62. The number of aliphatic carboxylic acids is 1. The van der Waals surface area contributed by atoms with Gasteiger partial charge in [0, 0.05) is 45.5 Å². The van der Waals surface area contributed by atoms with Crippen molar-refractivity contribution in [1.29, 1.82) is 0 Å². The average molecular weight is 581 g/mol. The van der Waals surface area contributed by atoms with E-state index in [0.29, 0.717) is 18.7 Å². The number of fused-ring (bicyclic) bond motifs is 1. The average Bonchev–Trinajstić information content (AvgIpc) is 3.69. The standard InChI is InChI=1S/C27H29BrN6O4/c1-16(14-38-26(37)30-15-27(25(35)36)10-4-5-11-27)23(17-8-9-22-20(12-17)21(28)13-29-22)18-6-2-3-7-19(18)24-31-33-34-32-24/h2-3,6-9,12-13,16,23,29H,4-5,10-11,14-15H2,1H3,(H,30,37)(H,35,36)(H,31,32,33,34). The van der Waals surface area contributed by atoms with E-state index < -0.39 is 17.5 Å². The lowest BCUT2D eigenvalue weighted by Gasteiger charge is -2.27. The van der Waals surface area contributed by atoms with E-state index in [1.807, 2.05) is 43.5 Å². The van der Waals surface area contributed by atoms with Crippen molar-refractivity contribution in [3.63, 3.8) is 0 Å². The summed E-state index contributed by atoms with van der Waals surface area (Å²) < 4.78 is 6.59. The highest BCUT2D eigenvalue weighted by molar-refractivity contribution is 9.10. The molecule has 11 heteroatoms. The number of carboxylic acid groups (broad SMARTS) is 1. The third-order valence-corrected chi connectivity index (χ3v) is 8.18. The lowest BCUT2D eigenvalue weighted by molar-refractivity contribution is -0.148. The van der Waals surface area contributed by atoms with Crippen molar-refractivity contribution in [2.45, 2.75) is 38.5 Å². The summed E-state index contributed by atoms with van der Waals surface area (Å²) in [6, 6.07) is 14.1. The van der Waals surface area contributed by atoms with Gasteiger partial charge in [0.1, 0.15) is 0 Å². The van der Waals surface area contributed by atoms with Crippen molar-refractivity contribution in [3.8, 4) is 11.4 Å². The number of carbonyl (C=O) groups excluding carboxylic acids is 1. The highest BCUT2D eigenvalue weighted by atomic mass is 79.9. The Bertz CT molecular complexity index is 1430. The second-order valence-electron chi connectivity index (χ2n) is 9.96. The van der Waals surface area contributed by atoms with Gasteiger partial charge in [-0.15, -0.1) is 10.2 Å². The minimum atomic E-state index is -0.907. The molecular formula is C27H29BrN6O4. The molecular weight excluding hydrogens is 552 g/mol. The van der Waals surface area contributed by atoms with E-state index in [1.165, 1.54) is 0 Å². The molecule has 2 atom stereocenters. The molecule has 0 saturated heterocycles. The first-order valence-electron chi connectivity index (χ1n) is 12.6. The number of alkyl carbamates (subject to hydrolysis) is 1. The van der Waals surface area contributed by atoms with Crippen LogP contribution >= 0.6 is 15.9 Å². The van der Waals surface area contributed by atoms with E-state index in [4.69, 9.17) is 4.74 Å². The van der Waals surface area contributed by atoms with Crippen LogP contribution in [0.15, 0.2) is 53.1 Å². The number of nitrogens with one attached hydrogen (secondary N) is 3. The molecule has 2 aromatic carbocycles. The quantitative estimate of drug-likeness (QED) is 0.211. The van der Waals surface area contributed by atoms with Crippen LogP contribution in [0.1, 0.15) is 49.7 Å². The van der Waals surface area contributed by atoms with E-state index in [9.17, 15) is 14.7 Å². The largest absolute Gasteiger partial charge is 0.481 e. The third-order valence-electron chi connectivity index (χ3n) is 7.53. The minimum absolute atomic E-state index is 0.0673. The molecule has 198 valence electrons. The Morgan fingerprint density at radius 1 is 1.21 bits per heavy atom. The zero-order valence-corrected chi connectivity index (χ0v) is 22.5. The lowest BCUT2D eigenvalue weighted by atomic mass is 9.79. The third kappa shape index (κ3) is 5.15. The van der Waals surface area contributed by atoms with Gasteiger partial charge < -0.3 is 20.1 Å².